The summed E-state index contributed by atoms with van der Waals surface area (Å²) >= 11 is 0. The Morgan fingerprint density at radius 3 is 2.76 bits per heavy atom. The molecule has 0 bridgehead atoms. The van der Waals surface area contributed by atoms with Gasteiger partial charge < -0.3 is 10.1 Å². The van der Waals surface area contributed by atoms with Gasteiger partial charge in [0.15, 0.2) is 0 Å². The molecule has 0 aliphatic carbocycles. The molecule has 0 saturated carbocycles. The molecule has 1 saturated heterocycles. The Labute approximate surface area is 128 Å². The number of aromatic nitrogens is 1. The summed E-state index contributed by atoms with van der Waals surface area (Å²) in [6.07, 6.45) is 5.29. The predicted octanol–water partition coefficient (Wildman–Crippen LogP) is 2.83. The van der Waals surface area contributed by atoms with Crippen molar-refractivity contribution in [3.05, 3.63) is 23.9 Å². The molecule has 118 valence electrons. The molecule has 1 aliphatic rings. The van der Waals surface area contributed by atoms with Crippen LogP contribution in [0.25, 0.3) is 0 Å². The number of hydrogen-bond acceptors (Lipinski definition) is 4. The number of piperazine rings is 1. The number of ether oxygens (including phenoxy) is 1. The van der Waals surface area contributed by atoms with Gasteiger partial charge in [0.1, 0.15) is 0 Å². The monoisotopic (exact) mass is 291 g/mol. The van der Waals surface area contributed by atoms with Crippen molar-refractivity contribution in [1.29, 1.82) is 0 Å². The molecule has 21 heavy (non-hydrogen) atoms. The number of rotatable bonds is 6. The molecular formula is C17H29N3O. The zero-order chi connectivity index (χ0) is 15.3. The van der Waals surface area contributed by atoms with Crippen LogP contribution in [0.3, 0.4) is 0 Å². The summed E-state index contributed by atoms with van der Waals surface area (Å²) in [5.41, 5.74) is 1.43. The zero-order valence-corrected chi connectivity index (χ0v) is 13.9. The molecule has 0 amide bonds. The SMILES string of the molecule is CCC1CNC(CC)(CC)CN1Cc1cccnc1OC. The average Bonchev–Trinajstić information content (AvgIpc) is 2.55. The third-order valence-electron chi connectivity index (χ3n) is 4.98. The molecule has 1 N–H and O–H groups in total. The lowest BCUT2D eigenvalue weighted by Crippen LogP contribution is -2.63. The summed E-state index contributed by atoms with van der Waals surface area (Å²) < 4.78 is 5.41. The van der Waals surface area contributed by atoms with Crippen LogP contribution in [0, 0.1) is 0 Å². The van der Waals surface area contributed by atoms with E-state index in [2.05, 4.69) is 42.0 Å². The van der Waals surface area contributed by atoms with Crippen molar-refractivity contribution in [3.63, 3.8) is 0 Å². The van der Waals surface area contributed by atoms with Gasteiger partial charge in [0.05, 0.1) is 7.11 Å². The lowest BCUT2D eigenvalue weighted by atomic mass is 9.88. The Morgan fingerprint density at radius 2 is 2.14 bits per heavy atom. The van der Waals surface area contributed by atoms with Crippen molar-refractivity contribution in [2.75, 3.05) is 20.2 Å². The molecule has 1 atom stereocenters. The zero-order valence-electron chi connectivity index (χ0n) is 13.9. The fraction of sp³-hybridized carbons (Fsp3) is 0.706. The predicted molar refractivity (Wildman–Crippen MR) is 86.6 cm³/mol. The van der Waals surface area contributed by atoms with Crippen molar-refractivity contribution >= 4 is 0 Å². The Kier molecular flexibility index (Phi) is 5.59. The maximum atomic E-state index is 5.41. The van der Waals surface area contributed by atoms with Crippen LogP contribution < -0.4 is 10.1 Å². The molecule has 0 spiro atoms. The van der Waals surface area contributed by atoms with Crippen molar-refractivity contribution in [3.8, 4) is 5.88 Å². The third-order valence-corrected chi connectivity index (χ3v) is 4.98. The largest absolute Gasteiger partial charge is 0.481 e. The minimum Gasteiger partial charge on any atom is -0.481 e. The van der Waals surface area contributed by atoms with E-state index in [-0.39, 0.29) is 5.54 Å². The summed E-state index contributed by atoms with van der Waals surface area (Å²) in [5, 5.41) is 3.79. The molecule has 1 aromatic heterocycles. The molecule has 0 radical (unpaired) electrons. The minimum atomic E-state index is 0.251. The van der Waals surface area contributed by atoms with Crippen LogP contribution >= 0.6 is 0 Å². The fourth-order valence-electron chi connectivity index (χ4n) is 3.30. The molecule has 0 aromatic carbocycles. The van der Waals surface area contributed by atoms with Gasteiger partial charge in [-0.05, 0) is 25.3 Å². The van der Waals surface area contributed by atoms with E-state index in [1.165, 1.54) is 24.8 Å². The third kappa shape index (κ3) is 3.55. The van der Waals surface area contributed by atoms with Gasteiger partial charge in [-0.2, -0.15) is 0 Å². The highest BCUT2D eigenvalue weighted by molar-refractivity contribution is 5.25. The first-order valence-corrected chi connectivity index (χ1v) is 8.15. The van der Waals surface area contributed by atoms with Gasteiger partial charge in [0.25, 0.3) is 0 Å². The lowest BCUT2D eigenvalue weighted by molar-refractivity contribution is 0.0636. The number of methoxy groups -OCH3 is 1. The van der Waals surface area contributed by atoms with E-state index in [9.17, 15) is 0 Å². The van der Waals surface area contributed by atoms with E-state index in [1.807, 2.05) is 6.07 Å². The van der Waals surface area contributed by atoms with Crippen molar-refractivity contribution in [2.24, 2.45) is 0 Å². The van der Waals surface area contributed by atoms with E-state index in [0.29, 0.717) is 6.04 Å². The van der Waals surface area contributed by atoms with Crippen LogP contribution in [-0.2, 0) is 6.54 Å². The lowest BCUT2D eigenvalue weighted by Gasteiger charge is -2.47. The van der Waals surface area contributed by atoms with Crippen LogP contribution in [-0.4, -0.2) is 41.7 Å². The van der Waals surface area contributed by atoms with Gasteiger partial charge in [-0.15, -0.1) is 0 Å². The molecule has 1 unspecified atom stereocenters. The Hall–Kier alpha value is -1.13. The molecular weight excluding hydrogens is 262 g/mol. The second-order valence-corrected chi connectivity index (χ2v) is 6.01. The highest BCUT2D eigenvalue weighted by atomic mass is 16.5. The van der Waals surface area contributed by atoms with Gasteiger partial charge in [-0.1, -0.05) is 26.8 Å². The molecule has 1 fully saturated rings. The van der Waals surface area contributed by atoms with E-state index >= 15 is 0 Å². The first-order chi connectivity index (χ1) is 10.2. The van der Waals surface area contributed by atoms with E-state index in [4.69, 9.17) is 4.74 Å². The molecule has 4 heteroatoms. The highest BCUT2D eigenvalue weighted by Gasteiger charge is 2.36. The summed E-state index contributed by atoms with van der Waals surface area (Å²) in [5.74, 6) is 0.754. The Morgan fingerprint density at radius 1 is 1.38 bits per heavy atom. The maximum Gasteiger partial charge on any atom is 0.217 e. The van der Waals surface area contributed by atoms with E-state index in [0.717, 1.165) is 25.5 Å². The molecule has 2 heterocycles. The van der Waals surface area contributed by atoms with Gasteiger partial charge in [-0.25, -0.2) is 4.98 Å². The quantitative estimate of drug-likeness (QED) is 0.874. The van der Waals surface area contributed by atoms with Gasteiger partial charge in [0, 0.05) is 43.0 Å². The molecule has 1 aromatic rings. The summed E-state index contributed by atoms with van der Waals surface area (Å²) in [6.45, 7) is 9.91. The van der Waals surface area contributed by atoms with Crippen LogP contribution in [0.5, 0.6) is 5.88 Å². The molecule has 4 nitrogen and oxygen atoms in total. The summed E-state index contributed by atoms with van der Waals surface area (Å²) in [7, 11) is 1.70. The minimum absolute atomic E-state index is 0.251. The smallest absolute Gasteiger partial charge is 0.217 e. The normalized spacial score (nSPS) is 22.2. The number of hydrogen-bond donors (Lipinski definition) is 1. The number of nitrogens with one attached hydrogen (secondary N) is 1. The summed E-state index contributed by atoms with van der Waals surface area (Å²) in [6, 6.07) is 4.70. The number of nitrogens with zero attached hydrogens (tertiary/aromatic N) is 2. The van der Waals surface area contributed by atoms with Gasteiger partial charge in [0.2, 0.25) is 5.88 Å². The fourth-order valence-corrected chi connectivity index (χ4v) is 3.30. The van der Waals surface area contributed by atoms with Crippen LogP contribution in [0.1, 0.15) is 45.6 Å². The summed E-state index contributed by atoms with van der Waals surface area (Å²) in [4.78, 5) is 6.93. The second kappa shape index (κ2) is 7.23. The first kappa shape index (κ1) is 16.2. The van der Waals surface area contributed by atoms with Crippen molar-refractivity contribution < 1.29 is 4.74 Å². The van der Waals surface area contributed by atoms with Crippen LogP contribution in [0.4, 0.5) is 0 Å². The second-order valence-electron chi connectivity index (χ2n) is 6.01. The van der Waals surface area contributed by atoms with Crippen LogP contribution in [0.2, 0.25) is 0 Å². The Bertz CT molecular complexity index is 445. The highest BCUT2D eigenvalue weighted by Crippen LogP contribution is 2.27. The average molecular weight is 291 g/mol. The standard InChI is InChI=1S/C17H29N3O/c1-5-15-11-19-17(6-2,7-3)13-20(15)12-14-9-8-10-18-16(14)21-4/h8-10,15,19H,5-7,11-13H2,1-4H3. The first-order valence-electron chi connectivity index (χ1n) is 8.15. The molecule has 2 rings (SSSR count). The van der Waals surface area contributed by atoms with Crippen LogP contribution in [0.15, 0.2) is 18.3 Å². The van der Waals surface area contributed by atoms with Gasteiger partial charge >= 0.3 is 0 Å². The van der Waals surface area contributed by atoms with Gasteiger partial charge in [-0.3, -0.25) is 4.90 Å². The Balaban J connectivity index is 2.17. The maximum absolute atomic E-state index is 5.41. The van der Waals surface area contributed by atoms with Crippen molar-refractivity contribution in [1.82, 2.24) is 15.2 Å². The topological polar surface area (TPSA) is 37.4 Å². The van der Waals surface area contributed by atoms with Crippen molar-refractivity contribution in [2.45, 2.75) is 58.2 Å². The number of pyridine rings is 1. The van der Waals surface area contributed by atoms with E-state index < -0.39 is 0 Å². The van der Waals surface area contributed by atoms with E-state index in [1.54, 1.807) is 13.3 Å². The molecule has 1 aliphatic heterocycles.